The van der Waals surface area contributed by atoms with E-state index in [1.165, 1.54) is 18.2 Å². The van der Waals surface area contributed by atoms with Gasteiger partial charge in [-0.05, 0) is 38.8 Å². The lowest BCUT2D eigenvalue weighted by Crippen LogP contribution is -2.45. The van der Waals surface area contributed by atoms with Crippen LogP contribution in [-0.4, -0.2) is 40.8 Å². The van der Waals surface area contributed by atoms with Crippen LogP contribution >= 0.6 is 0 Å². The average Bonchev–Trinajstić information content (AvgIpc) is 2.95. The summed E-state index contributed by atoms with van der Waals surface area (Å²) in [5, 5.41) is 13.6. The van der Waals surface area contributed by atoms with Crippen LogP contribution in [0.25, 0.3) is 0 Å². The van der Waals surface area contributed by atoms with Crippen LogP contribution in [0.3, 0.4) is 0 Å². The van der Waals surface area contributed by atoms with Crippen LogP contribution in [0.15, 0.2) is 18.2 Å². The number of hydrogen-bond donors (Lipinski definition) is 1. The van der Waals surface area contributed by atoms with Crippen molar-refractivity contribution >= 4 is 17.5 Å². The second kappa shape index (κ2) is 6.55. The van der Waals surface area contributed by atoms with Crippen LogP contribution in [0, 0.1) is 17.0 Å². The van der Waals surface area contributed by atoms with Gasteiger partial charge in [-0.2, -0.15) is 0 Å². The molecule has 1 saturated heterocycles. The predicted octanol–water partition coefficient (Wildman–Crippen LogP) is 1.64. The summed E-state index contributed by atoms with van der Waals surface area (Å²) in [7, 11) is 0. The first kappa shape index (κ1) is 15.9. The molecule has 0 bridgehead atoms. The van der Waals surface area contributed by atoms with Gasteiger partial charge in [0.25, 0.3) is 11.6 Å². The van der Waals surface area contributed by atoms with Gasteiger partial charge < -0.3 is 10.2 Å². The highest BCUT2D eigenvalue weighted by atomic mass is 16.6. The Morgan fingerprint density at radius 1 is 1.45 bits per heavy atom. The number of nitro groups is 1. The van der Waals surface area contributed by atoms with E-state index in [9.17, 15) is 19.7 Å². The number of aryl methyl sites for hydroxylation is 1. The maximum atomic E-state index is 12.6. The molecule has 0 spiro atoms. The molecule has 2 amide bonds. The van der Waals surface area contributed by atoms with E-state index in [1.54, 1.807) is 11.8 Å². The van der Waals surface area contributed by atoms with Crippen LogP contribution in [0.5, 0.6) is 0 Å². The van der Waals surface area contributed by atoms with Crippen LogP contribution in [0.2, 0.25) is 0 Å². The zero-order chi connectivity index (χ0) is 16.3. The number of carbonyl (C=O) groups excluding carboxylic acids is 2. The van der Waals surface area contributed by atoms with Gasteiger partial charge in [-0.25, -0.2) is 0 Å². The second-order valence-corrected chi connectivity index (χ2v) is 5.31. The van der Waals surface area contributed by atoms with Crippen molar-refractivity contribution in [3.05, 3.63) is 39.4 Å². The SMILES string of the molecule is CCNC(=O)C1CCCN1C(=O)c1ccc([N+](=O)[O-])c(C)c1. The van der Waals surface area contributed by atoms with Crippen LogP contribution in [0.4, 0.5) is 5.69 Å². The van der Waals surface area contributed by atoms with Crippen molar-refractivity contribution in [2.45, 2.75) is 32.7 Å². The van der Waals surface area contributed by atoms with E-state index >= 15 is 0 Å². The molecule has 1 N–H and O–H groups in total. The normalized spacial score (nSPS) is 17.4. The number of rotatable bonds is 4. The highest BCUT2D eigenvalue weighted by molar-refractivity contribution is 5.98. The predicted molar refractivity (Wildman–Crippen MR) is 80.6 cm³/mol. The molecule has 118 valence electrons. The maximum absolute atomic E-state index is 12.6. The topological polar surface area (TPSA) is 92.6 Å². The van der Waals surface area contributed by atoms with Crippen molar-refractivity contribution in [1.82, 2.24) is 10.2 Å². The number of nitro benzene ring substituents is 1. The fourth-order valence-corrected chi connectivity index (χ4v) is 2.73. The molecule has 1 aromatic rings. The lowest BCUT2D eigenvalue weighted by Gasteiger charge is -2.24. The van der Waals surface area contributed by atoms with E-state index < -0.39 is 11.0 Å². The monoisotopic (exact) mass is 305 g/mol. The van der Waals surface area contributed by atoms with E-state index in [0.717, 1.165) is 6.42 Å². The molecular formula is C15H19N3O4. The highest BCUT2D eigenvalue weighted by Crippen LogP contribution is 2.23. The third-order valence-electron chi connectivity index (χ3n) is 3.81. The number of likely N-dealkylation sites (N-methyl/N-ethyl adjacent to an activating group) is 1. The summed E-state index contributed by atoms with van der Waals surface area (Å²) in [4.78, 5) is 36.5. The van der Waals surface area contributed by atoms with Crippen molar-refractivity contribution in [1.29, 1.82) is 0 Å². The molecule has 1 fully saturated rings. The summed E-state index contributed by atoms with van der Waals surface area (Å²) in [6.07, 6.45) is 1.42. The standard InChI is InChI=1S/C15H19N3O4/c1-3-16-14(19)13-5-4-8-17(13)15(20)11-6-7-12(18(21)22)10(2)9-11/h6-7,9,13H,3-5,8H2,1-2H3,(H,16,19). The van der Waals surface area contributed by atoms with Crippen LogP contribution < -0.4 is 5.32 Å². The van der Waals surface area contributed by atoms with Gasteiger partial charge >= 0.3 is 0 Å². The molecule has 0 radical (unpaired) electrons. The molecule has 0 saturated carbocycles. The summed E-state index contributed by atoms with van der Waals surface area (Å²) in [6.45, 7) is 4.48. The fraction of sp³-hybridized carbons (Fsp3) is 0.467. The molecule has 1 aromatic carbocycles. The third-order valence-corrected chi connectivity index (χ3v) is 3.81. The maximum Gasteiger partial charge on any atom is 0.272 e. The molecule has 1 aliphatic rings. The average molecular weight is 305 g/mol. The van der Waals surface area contributed by atoms with Gasteiger partial charge in [-0.1, -0.05) is 0 Å². The quantitative estimate of drug-likeness (QED) is 0.676. The smallest absolute Gasteiger partial charge is 0.272 e. The van der Waals surface area contributed by atoms with E-state index in [2.05, 4.69) is 5.32 Å². The molecular weight excluding hydrogens is 286 g/mol. The number of benzene rings is 1. The summed E-state index contributed by atoms with van der Waals surface area (Å²) >= 11 is 0. The molecule has 22 heavy (non-hydrogen) atoms. The van der Waals surface area contributed by atoms with Gasteiger partial charge in [0.1, 0.15) is 6.04 Å². The number of amides is 2. The number of nitrogens with zero attached hydrogens (tertiary/aromatic N) is 2. The Bertz CT molecular complexity index is 615. The van der Waals surface area contributed by atoms with Crippen molar-refractivity contribution in [3.63, 3.8) is 0 Å². The molecule has 0 aromatic heterocycles. The number of likely N-dealkylation sites (tertiary alicyclic amines) is 1. The highest BCUT2D eigenvalue weighted by Gasteiger charge is 2.34. The van der Waals surface area contributed by atoms with Crippen molar-refractivity contribution in [2.24, 2.45) is 0 Å². The Hall–Kier alpha value is -2.44. The van der Waals surface area contributed by atoms with E-state index in [-0.39, 0.29) is 17.5 Å². The Labute approximate surface area is 128 Å². The molecule has 1 aliphatic heterocycles. The van der Waals surface area contributed by atoms with E-state index in [0.29, 0.717) is 30.6 Å². The Morgan fingerprint density at radius 3 is 2.77 bits per heavy atom. The zero-order valence-corrected chi connectivity index (χ0v) is 12.7. The van der Waals surface area contributed by atoms with E-state index in [4.69, 9.17) is 0 Å². The Morgan fingerprint density at radius 2 is 2.18 bits per heavy atom. The van der Waals surface area contributed by atoms with Gasteiger partial charge in [-0.15, -0.1) is 0 Å². The summed E-state index contributed by atoms with van der Waals surface area (Å²) in [5.41, 5.74) is 0.794. The molecule has 7 heteroatoms. The fourth-order valence-electron chi connectivity index (χ4n) is 2.73. The molecule has 1 unspecified atom stereocenters. The summed E-state index contributed by atoms with van der Waals surface area (Å²) in [6, 6.07) is 3.83. The first-order chi connectivity index (χ1) is 10.5. The molecule has 7 nitrogen and oxygen atoms in total. The molecule has 1 atom stereocenters. The Kier molecular flexibility index (Phi) is 4.75. The van der Waals surface area contributed by atoms with Gasteiger partial charge in [0.05, 0.1) is 4.92 Å². The first-order valence-electron chi connectivity index (χ1n) is 7.29. The summed E-state index contributed by atoms with van der Waals surface area (Å²) in [5.74, 6) is -0.404. The summed E-state index contributed by atoms with van der Waals surface area (Å²) < 4.78 is 0. The third kappa shape index (κ3) is 3.08. The van der Waals surface area contributed by atoms with Gasteiger partial charge in [0.15, 0.2) is 0 Å². The minimum atomic E-state index is -0.475. The number of hydrogen-bond acceptors (Lipinski definition) is 4. The number of nitrogens with one attached hydrogen (secondary N) is 1. The second-order valence-electron chi connectivity index (χ2n) is 5.31. The lowest BCUT2D eigenvalue weighted by atomic mass is 10.1. The van der Waals surface area contributed by atoms with Crippen molar-refractivity contribution in [2.75, 3.05) is 13.1 Å². The molecule has 2 rings (SSSR count). The minimum Gasteiger partial charge on any atom is -0.355 e. The van der Waals surface area contributed by atoms with Crippen molar-refractivity contribution in [3.8, 4) is 0 Å². The Balaban J connectivity index is 2.22. The zero-order valence-electron chi connectivity index (χ0n) is 12.7. The van der Waals surface area contributed by atoms with Crippen LogP contribution in [-0.2, 0) is 4.79 Å². The largest absolute Gasteiger partial charge is 0.355 e. The van der Waals surface area contributed by atoms with Gasteiger partial charge in [0, 0.05) is 30.3 Å². The molecule has 0 aliphatic carbocycles. The molecule has 1 heterocycles. The minimum absolute atomic E-state index is 0.0155. The van der Waals surface area contributed by atoms with E-state index in [1.807, 2.05) is 6.92 Å². The van der Waals surface area contributed by atoms with Gasteiger partial charge in [-0.3, -0.25) is 19.7 Å². The lowest BCUT2D eigenvalue weighted by molar-refractivity contribution is -0.385. The first-order valence-corrected chi connectivity index (χ1v) is 7.29. The van der Waals surface area contributed by atoms with Gasteiger partial charge in [0.2, 0.25) is 5.91 Å². The van der Waals surface area contributed by atoms with Crippen LogP contribution in [0.1, 0.15) is 35.7 Å². The number of carbonyl (C=O) groups is 2. The van der Waals surface area contributed by atoms with Crippen molar-refractivity contribution < 1.29 is 14.5 Å².